The second-order valence-corrected chi connectivity index (χ2v) is 5.67. The van der Waals surface area contributed by atoms with Crippen LogP contribution in [-0.2, 0) is 5.54 Å². The van der Waals surface area contributed by atoms with Gasteiger partial charge in [-0.15, -0.1) is 0 Å². The van der Waals surface area contributed by atoms with Crippen LogP contribution < -0.4 is 4.74 Å². The first kappa shape index (κ1) is 13.8. The van der Waals surface area contributed by atoms with Crippen molar-refractivity contribution in [1.29, 1.82) is 0 Å². The number of ether oxygens (including phenoxy) is 1. The maximum absolute atomic E-state index is 5.88. The Kier molecular flexibility index (Phi) is 3.23. The summed E-state index contributed by atoms with van der Waals surface area (Å²) in [5.74, 6) is 1.55. The van der Waals surface area contributed by atoms with Crippen LogP contribution in [0.1, 0.15) is 23.6 Å². The predicted molar refractivity (Wildman–Crippen MR) is 92.9 cm³/mol. The zero-order valence-corrected chi connectivity index (χ0v) is 12.9. The molecular formula is C21H17NO. The molecule has 0 amide bonds. The number of fused-ring (bicyclic) bond motifs is 1. The van der Waals surface area contributed by atoms with E-state index in [0.29, 0.717) is 5.90 Å². The molecule has 0 atom stereocenters. The van der Waals surface area contributed by atoms with Crippen molar-refractivity contribution < 1.29 is 4.74 Å². The first-order chi connectivity index (χ1) is 11.3. The molecule has 0 saturated heterocycles. The average molecular weight is 299 g/mol. The molecule has 0 fully saturated rings. The highest BCUT2D eigenvalue weighted by Gasteiger charge is 2.41. The SMILES string of the molecule is CC1=NC(c2ccccc2)(c2ccccc2)c2ccccc2O1. The van der Waals surface area contributed by atoms with Gasteiger partial charge >= 0.3 is 0 Å². The number of benzene rings is 3. The van der Waals surface area contributed by atoms with Gasteiger partial charge in [0.05, 0.1) is 0 Å². The quantitative estimate of drug-likeness (QED) is 0.666. The van der Waals surface area contributed by atoms with E-state index in [1.165, 1.54) is 0 Å². The standard InChI is InChI=1S/C21H17NO/c1-16-22-21(17-10-4-2-5-11-17,18-12-6-3-7-13-18)19-14-8-9-15-20(19)23-16/h2-15H,1H3. The summed E-state index contributed by atoms with van der Waals surface area (Å²) >= 11 is 0. The Labute approximate surface area is 136 Å². The van der Waals surface area contributed by atoms with Crippen LogP contribution in [0.3, 0.4) is 0 Å². The zero-order chi connectivity index (χ0) is 15.7. The molecule has 1 aliphatic rings. The topological polar surface area (TPSA) is 21.6 Å². The average Bonchev–Trinajstić information content (AvgIpc) is 2.62. The summed E-state index contributed by atoms with van der Waals surface area (Å²) in [6, 6.07) is 29.0. The molecule has 1 heterocycles. The zero-order valence-electron chi connectivity index (χ0n) is 12.9. The fourth-order valence-corrected chi connectivity index (χ4v) is 3.30. The van der Waals surface area contributed by atoms with E-state index in [-0.39, 0.29) is 0 Å². The minimum absolute atomic E-state index is 0.568. The summed E-state index contributed by atoms with van der Waals surface area (Å²) < 4.78 is 5.88. The van der Waals surface area contributed by atoms with E-state index in [1.54, 1.807) is 0 Å². The van der Waals surface area contributed by atoms with Gasteiger partial charge in [0.15, 0.2) is 5.90 Å². The van der Waals surface area contributed by atoms with Crippen molar-refractivity contribution >= 4 is 5.90 Å². The molecule has 0 aliphatic carbocycles. The van der Waals surface area contributed by atoms with Crippen LogP contribution in [0.4, 0.5) is 0 Å². The van der Waals surface area contributed by atoms with Gasteiger partial charge in [0.1, 0.15) is 11.3 Å². The molecule has 0 radical (unpaired) electrons. The minimum Gasteiger partial charge on any atom is -0.443 e. The lowest BCUT2D eigenvalue weighted by Crippen LogP contribution is -2.33. The van der Waals surface area contributed by atoms with Crippen LogP contribution >= 0.6 is 0 Å². The Morgan fingerprint density at radius 3 is 1.83 bits per heavy atom. The molecule has 0 N–H and O–H groups in total. The van der Waals surface area contributed by atoms with E-state index >= 15 is 0 Å². The molecule has 3 aromatic rings. The molecular weight excluding hydrogens is 282 g/mol. The molecule has 23 heavy (non-hydrogen) atoms. The van der Waals surface area contributed by atoms with Crippen LogP contribution in [-0.4, -0.2) is 5.90 Å². The summed E-state index contributed by atoms with van der Waals surface area (Å²) in [5.41, 5.74) is 2.78. The summed E-state index contributed by atoms with van der Waals surface area (Å²) in [6.45, 7) is 1.91. The lowest BCUT2D eigenvalue weighted by molar-refractivity contribution is 0.470. The molecule has 0 saturated carbocycles. The summed E-state index contributed by atoms with van der Waals surface area (Å²) in [5, 5.41) is 0. The van der Waals surface area contributed by atoms with Gasteiger partial charge in [0.25, 0.3) is 0 Å². The van der Waals surface area contributed by atoms with Crippen LogP contribution in [0.2, 0.25) is 0 Å². The Hall–Kier alpha value is -2.87. The van der Waals surface area contributed by atoms with E-state index in [9.17, 15) is 0 Å². The molecule has 2 nitrogen and oxygen atoms in total. The molecule has 1 aliphatic heterocycles. The van der Waals surface area contributed by atoms with Gasteiger partial charge in [-0.2, -0.15) is 0 Å². The molecule has 0 spiro atoms. The Bertz CT molecular complexity index is 814. The van der Waals surface area contributed by atoms with Crippen molar-refractivity contribution in [3.05, 3.63) is 102 Å². The van der Waals surface area contributed by atoms with Crippen LogP contribution in [0, 0.1) is 0 Å². The van der Waals surface area contributed by atoms with Crippen molar-refractivity contribution in [3.63, 3.8) is 0 Å². The van der Waals surface area contributed by atoms with E-state index < -0.39 is 5.54 Å². The highest BCUT2D eigenvalue weighted by molar-refractivity contribution is 5.81. The third kappa shape index (κ3) is 2.15. The number of rotatable bonds is 2. The number of hydrogen-bond acceptors (Lipinski definition) is 2. The van der Waals surface area contributed by atoms with E-state index in [0.717, 1.165) is 22.4 Å². The lowest BCUT2D eigenvalue weighted by Gasteiger charge is -2.36. The second kappa shape index (κ2) is 5.40. The van der Waals surface area contributed by atoms with Crippen molar-refractivity contribution in [2.24, 2.45) is 4.99 Å². The predicted octanol–water partition coefficient (Wildman–Crippen LogP) is 4.79. The maximum Gasteiger partial charge on any atom is 0.188 e. The Morgan fingerprint density at radius 1 is 0.696 bits per heavy atom. The number of hydrogen-bond donors (Lipinski definition) is 0. The Balaban J connectivity index is 2.10. The minimum atomic E-state index is -0.568. The molecule has 112 valence electrons. The monoisotopic (exact) mass is 299 g/mol. The van der Waals surface area contributed by atoms with Crippen LogP contribution in [0.5, 0.6) is 5.75 Å². The molecule has 2 heteroatoms. The largest absolute Gasteiger partial charge is 0.443 e. The number of aliphatic imine (C=N–C) groups is 1. The van der Waals surface area contributed by atoms with Crippen LogP contribution in [0.25, 0.3) is 0 Å². The second-order valence-electron chi connectivity index (χ2n) is 5.67. The molecule has 0 unspecified atom stereocenters. The fourth-order valence-electron chi connectivity index (χ4n) is 3.30. The van der Waals surface area contributed by atoms with E-state index in [4.69, 9.17) is 9.73 Å². The van der Waals surface area contributed by atoms with Gasteiger partial charge in [0.2, 0.25) is 0 Å². The van der Waals surface area contributed by atoms with Gasteiger partial charge in [0, 0.05) is 12.5 Å². The molecule has 0 bridgehead atoms. The van der Waals surface area contributed by atoms with E-state index in [1.807, 2.05) is 37.3 Å². The molecule has 0 aromatic heterocycles. The van der Waals surface area contributed by atoms with Gasteiger partial charge in [-0.1, -0.05) is 78.9 Å². The van der Waals surface area contributed by atoms with Gasteiger partial charge in [-0.3, -0.25) is 0 Å². The van der Waals surface area contributed by atoms with Crippen molar-refractivity contribution in [2.75, 3.05) is 0 Å². The van der Waals surface area contributed by atoms with Crippen LogP contribution in [0.15, 0.2) is 89.9 Å². The van der Waals surface area contributed by atoms with Gasteiger partial charge < -0.3 is 4.74 Å². The summed E-state index contributed by atoms with van der Waals surface area (Å²) in [4.78, 5) is 4.99. The number of para-hydroxylation sites is 1. The Morgan fingerprint density at radius 2 is 1.22 bits per heavy atom. The maximum atomic E-state index is 5.88. The molecule has 4 rings (SSSR count). The number of nitrogens with zero attached hydrogens (tertiary/aromatic N) is 1. The van der Waals surface area contributed by atoms with Crippen molar-refractivity contribution in [2.45, 2.75) is 12.5 Å². The summed E-state index contributed by atoms with van der Waals surface area (Å²) in [7, 11) is 0. The smallest absolute Gasteiger partial charge is 0.188 e. The lowest BCUT2D eigenvalue weighted by atomic mass is 9.76. The first-order valence-corrected chi connectivity index (χ1v) is 7.75. The van der Waals surface area contributed by atoms with Crippen molar-refractivity contribution in [1.82, 2.24) is 0 Å². The third-order valence-corrected chi connectivity index (χ3v) is 4.24. The van der Waals surface area contributed by atoms with Gasteiger partial charge in [-0.05, 0) is 17.2 Å². The van der Waals surface area contributed by atoms with E-state index in [2.05, 4.69) is 54.6 Å². The van der Waals surface area contributed by atoms with Crippen molar-refractivity contribution in [3.8, 4) is 5.75 Å². The summed E-state index contributed by atoms with van der Waals surface area (Å²) in [6.07, 6.45) is 0. The highest BCUT2D eigenvalue weighted by Crippen LogP contribution is 2.46. The normalized spacial score (nSPS) is 15.3. The first-order valence-electron chi connectivity index (χ1n) is 7.75. The third-order valence-electron chi connectivity index (χ3n) is 4.24. The molecule has 3 aromatic carbocycles. The van der Waals surface area contributed by atoms with Gasteiger partial charge in [-0.25, -0.2) is 4.99 Å². The highest BCUT2D eigenvalue weighted by atomic mass is 16.5. The fraction of sp³-hybridized carbons (Fsp3) is 0.0952.